The predicted molar refractivity (Wildman–Crippen MR) is 116 cm³/mol. The molecule has 1 amide bonds. The van der Waals surface area contributed by atoms with E-state index in [1.807, 2.05) is 39.6 Å². The highest BCUT2D eigenvalue weighted by atomic mass is 16.5. The van der Waals surface area contributed by atoms with E-state index in [-0.39, 0.29) is 11.5 Å². The van der Waals surface area contributed by atoms with Crippen LogP contribution >= 0.6 is 0 Å². The van der Waals surface area contributed by atoms with Crippen LogP contribution in [0.3, 0.4) is 0 Å². The second-order valence-electron chi connectivity index (χ2n) is 8.06. The van der Waals surface area contributed by atoms with Crippen molar-refractivity contribution in [2.45, 2.75) is 19.3 Å². The highest BCUT2D eigenvalue weighted by Gasteiger charge is 2.25. The van der Waals surface area contributed by atoms with Gasteiger partial charge in [-0.2, -0.15) is 0 Å². The third kappa shape index (κ3) is 3.37. The van der Waals surface area contributed by atoms with Gasteiger partial charge in [-0.25, -0.2) is 9.78 Å². The molecule has 0 aliphatic carbocycles. The predicted octanol–water partition coefficient (Wildman–Crippen LogP) is 3.43. The second kappa shape index (κ2) is 7.61. The van der Waals surface area contributed by atoms with Gasteiger partial charge in [0.15, 0.2) is 11.6 Å². The summed E-state index contributed by atoms with van der Waals surface area (Å²) in [5.74, 6) is 0.311. The Bertz CT molecular complexity index is 1180. The summed E-state index contributed by atoms with van der Waals surface area (Å²) in [5, 5.41) is 10.1. The average Bonchev–Trinajstić information content (AvgIpc) is 3.14. The lowest BCUT2D eigenvalue weighted by Crippen LogP contribution is -2.36. The maximum atomic E-state index is 12.8. The number of hydrogen-bond acceptors (Lipinski definition) is 5. The van der Waals surface area contributed by atoms with Gasteiger partial charge in [-0.3, -0.25) is 4.79 Å². The number of carbonyl (C=O) groups excluding carboxylic acids is 1. The van der Waals surface area contributed by atoms with Crippen LogP contribution in [0.15, 0.2) is 36.7 Å². The van der Waals surface area contributed by atoms with Gasteiger partial charge in [0.25, 0.3) is 5.91 Å². The molecule has 1 aromatic carbocycles. The minimum absolute atomic E-state index is 0.00199. The van der Waals surface area contributed by atoms with Crippen molar-refractivity contribution in [2.75, 3.05) is 31.1 Å². The van der Waals surface area contributed by atoms with Crippen molar-refractivity contribution in [1.82, 2.24) is 14.5 Å². The van der Waals surface area contributed by atoms with Crippen LogP contribution in [0, 0.1) is 0 Å². The molecule has 4 heterocycles. The minimum Gasteiger partial charge on any atom is -0.488 e. The average molecular weight is 420 g/mol. The summed E-state index contributed by atoms with van der Waals surface area (Å²) in [6.45, 7) is 2.67. The monoisotopic (exact) mass is 420 g/mol. The SMILES string of the molecule is Cn1cc(C(=O)O)c2ccc(N3CCOc4cc(C(=O)N5CCCCC5)cnc43)cc21. The Labute approximate surface area is 179 Å². The zero-order valence-corrected chi connectivity index (χ0v) is 17.4. The van der Waals surface area contributed by atoms with Crippen molar-refractivity contribution in [3.8, 4) is 5.75 Å². The highest BCUT2D eigenvalue weighted by molar-refractivity contribution is 6.04. The number of aromatic carboxylic acids is 1. The number of anilines is 2. The molecule has 0 bridgehead atoms. The van der Waals surface area contributed by atoms with Gasteiger partial charge in [0.2, 0.25) is 0 Å². The van der Waals surface area contributed by atoms with E-state index in [1.54, 1.807) is 18.5 Å². The molecule has 1 saturated heterocycles. The van der Waals surface area contributed by atoms with Crippen LogP contribution in [0.1, 0.15) is 40.0 Å². The summed E-state index contributed by atoms with van der Waals surface area (Å²) in [7, 11) is 1.84. The number of fused-ring (bicyclic) bond motifs is 2. The first-order chi connectivity index (χ1) is 15.0. The van der Waals surface area contributed by atoms with Gasteiger partial charge in [-0.15, -0.1) is 0 Å². The fourth-order valence-electron chi connectivity index (χ4n) is 4.46. The number of amides is 1. The molecule has 2 aliphatic heterocycles. The lowest BCUT2D eigenvalue weighted by atomic mass is 10.1. The Morgan fingerprint density at radius 1 is 1.10 bits per heavy atom. The smallest absolute Gasteiger partial charge is 0.337 e. The fraction of sp³-hybridized carbons (Fsp3) is 0.348. The minimum atomic E-state index is -0.942. The number of aromatic nitrogens is 2. The molecule has 31 heavy (non-hydrogen) atoms. The van der Waals surface area contributed by atoms with E-state index in [0.29, 0.717) is 35.7 Å². The Morgan fingerprint density at radius 2 is 1.90 bits per heavy atom. The normalized spacial score (nSPS) is 16.2. The summed E-state index contributed by atoms with van der Waals surface area (Å²) < 4.78 is 7.66. The number of piperidine rings is 1. The van der Waals surface area contributed by atoms with Crippen LogP contribution < -0.4 is 9.64 Å². The topological polar surface area (TPSA) is 87.9 Å². The molecule has 0 saturated carbocycles. The molecule has 0 radical (unpaired) electrons. The van der Waals surface area contributed by atoms with Crippen molar-refractivity contribution < 1.29 is 19.4 Å². The first-order valence-corrected chi connectivity index (χ1v) is 10.5. The lowest BCUT2D eigenvalue weighted by Gasteiger charge is -2.31. The summed E-state index contributed by atoms with van der Waals surface area (Å²) in [4.78, 5) is 32.9. The molecule has 160 valence electrons. The van der Waals surface area contributed by atoms with Gasteiger partial charge in [0, 0.05) is 43.6 Å². The summed E-state index contributed by atoms with van der Waals surface area (Å²) in [5.41, 5.74) is 2.56. The molecule has 8 nitrogen and oxygen atoms in total. The van der Waals surface area contributed by atoms with E-state index in [4.69, 9.17) is 4.74 Å². The quantitative estimate of drug-likeness (QED) is 0.699. The number of carbonyl (C=O) groups is 2. The number of carboxylic acid groups (broad SMARTS) is 1. The van der Waals surface area contributed by atoms with Crippen molar-refractivity contribution in [3.05, 3.63) is 47.8 Å². The van der Waals surface area contributed by atoms with Crippen molar-refractivity contribution >= 4 is 34.3 Å². The van der Waals surface area contributed by atoms with E-state index >= 15 is 0 Å². The Morgan fingerprint density at radius 3 is 2.68 bits per heavy atom. The van der Waals surface area contributed by atoms with Gasteiger partial charge in [-0.05, 0) is 43.5 Å². The van der Waals surface area contributed by atoms with Crippen LogP contribution in [0.5, 0.6) is 5.75 Å². The van der Waals surface area contributed by atoms with Crippen LogP contribution in [0.4, 0.5) is 11.5 Å². The zero-order chi connectivity index (χ0) is 21.5. The molecule has 1 fully saturated rings. The molecule has 5 rings (SSSR count). The molecule has 2 aromatic heterocycles. The number of rotatable bonds is 3. The van der Waals surface area contributed by atoms with E-state index in [9.17, 15) is 14.7 Å². The Balaban J connectivity index is 1.48. The first kappa shape index (κ1) is 19.4. The number of ether oxygens (including phenoxy) is 1. The largest absolute Gasteiger partial charge is 0.488 e. The maximum absolute atomic E-state index is 12.8. The number of nitrogens with zero attached hydrogens (tertiary/aromatic N) is 4. The Kier molecular flexibility index (Phi) is 4.77. The first-order valence-electron chi connectivity index (χ1n) is 10.5. The zero-order valence-electron chi connectivity index (χ0n) is 17.4. The van der Waals surface area contributed by atoms with Gasteiger partial charge >= 0.3 is 5.97 Å². The number of benzene rings is 1. The number of aryl methyl sites for hydroxylation is 1. The fourth-order valence-corrected chi connectivity index (χ4v) is 4.46. The summed E-state index contributed by atoms with van der Waals surface area (Å²) in [6.07, 6.45) is 6.50. The van der Waals surface area contributed by atoms with Crippen molar-refractivity contribution in [1.29, 1.82) is 0 Å². The molecule has 1 N–H and O–H groups in total. The number of hydrogen-bond donors (Lipinski definition) is 1. The molecule has 8 heteroatoms. The lowest BCUT2D eigenvalue weighted by molar-refractivity contribution is 0.0696. The number of pyridine rings is 1. The van der Waals surface area contributed by atoms with E-state index in [2.05, 4.69) is 4.98 Å². The molecule has 0 atom stereocenters. The van der Waals surface area contributed by atoms with Gasteiger partial charge < -0.3 is 24.2 Å². The summed E-state index contributed by atoms with van der Waals surface area (Å²) >= 11 is 0. The van der Waals surface area contributed by atoms with Crippen LogP contribution in [0.25, 0.3) is 10.9 Å². The number of likely N-dealkylation sites (tertiary alicyclic amines) is 1. The van der Waals surface area contributed by atoms with Crippen molar-refractivity contribution in [3.63, 3.8) is 0 Å². The third-order valence-electron chi connectivity index (χ3n) is 6.07. The van der Waals surface area contributed by atoms with E-state index in [0.717, 1.165) is 37.1 Å². The Hall–Kier alpha value is -3.55. The molecule has 0 spiro atoms. The van der Waals surface area contributed by atoms with Gasteiger partial charge in [-0.1, -0.05) is 0 Å². The van der Waals surface area contributed by atoms with Gasteiger partial charge in [0.05, 0.1) is 23.2 Å². The van der Waals surface area contributed by atoms with Crippen molar-refractivity contribution in [2.24, 2.45) is 7.05 Å². The number of carboxylic acids is 1. The molecule has 2 aliphatic rings. The summed E-state index contributed by atoms with van der Waals surface area (Å²) in [6, 6.07) is 7.48. The van der Waals surface area contributed by atoms with E-state index in [1.165, 1.54) is 6.42 Å². The molecular weight excluding hydrogens is 396 g/mol. The van der Waals surface area contributed by atoms with Crippen LogP contribution in [0.2, 0.25) is 0 Å². The van der Waals surface area contributed by atoms with E-state index < -0.39 is 5.97 Å². The van der Waals surface area contributed by atoms with Crippen LogP contribution in [-0.2, 0) is 7.05 Å². The second-order valence-corrected chi connectivity index (χ2v) is 8.06. The van der Waals surface area contributed by atoms with Crippen LogP contribution in [-0.4, -0.2) is 57.7 Å². The highest BCUT2D eigenvalue weighted by Crippen LogP contribution is 2.37. The molecule has 3 aromatic rings. The molecule has 0 unspecified atom stereocenters. The standard InChI is InChI=1S/C23H24N4O4/c1-25-14-18(23(29)30)17-6-5-16(12-19(17)25)27-9-10-31-20-11-15(13-24-21(20)27)22(28)26-7-3-2-4-8-26/h5-6,11-14H,2-4,7-10H2,1H3,(H,29,30). The molecular formula is C23H24N4O4. The maximum Gasteiger partial charge on any atom is 0.337 e. The third-order valence-corrected chi connectivity index (χ3v) is 6.07. The van der Waals surface area contributed by atoms with Gasteiger partial charge in [0.1, 0.15) is 6.61 Å².